The molecule has 15 heavy (non-hydrogen) atoms. The average Bonchev–Trinajstić information content (AvgIpc) is 2.44. The molecule has 4 nitrogen and oxygen atoms in total. The smallest absolute Gasteiger partial charge is 0.0484 e. The summed E-state index contributed by atoms with van der Waals surface area (Å²) in [6.07, 6.45) is 3.29. The molecule has 1 unspecified atom stereocenters. The van der Waals surface area contributed by atoms with Gasteiger partial charge in [0.25, 0.3) is 0 Å². The highest BCUT2D eigenvalue weighted by Crippen LogP contribution is 2.19. The summed E-state index contributed by atoms with van der Waals surface area (Å²) in [7, 11) is 4.18. The van der Waals surface area contributed by atoms with Crippen LogP contribution in [0.4, 0.5) is 0 Å². The van der Waals surface area contributed by atoms with Gasteiger partial charge in [-0.15, -0.1) is 0 Å². The van der Waals surface area contributed by atoms with Gasteiger partial charge in [0.15, 0.2) is 0 Å². The first kappa shape index (κ1) is 12.9. The van der Waals surface area contributed by atoms with Crippen LogP contribution in [0.15, 0.2) is 0 Å². The molecule has 1 heterocycles. The first-order valence-electron chi connectivity index (χ1n) is 5.86. The topological polar surface area (TPSA) is 50.5 Å². The maximum atomic E-state index is 5.89. The molecule has 0 radical (unpaired) electrons. The lowest BCUT2D eigenvalue weighted by Crippen LogP contribution is -2.53. The first-order chi connectivity index (χ1) is 7.18. The van der Waals surface area contributed by atoms with Crippen molar-refractivity contribution in [1.82, 2.24) is 10.2 Å². The molecular weight excluding hydrogens is 190 g/mol. The molecule has 0 saturated carbocycles. The SMILES string of the molecule is CN(C)CCNC1(CN)CCCOCC1. The summed E-state index contributed by atoms with van der Waals surface area (Å²) >= 11 is 0. The molecule has 1 aliphatic heterocycles. The van der Waals surface area contributed by atoms with Gasteiger partial charge in [0, 0.05) is 38.4 Å². The highest BCUT2D eigenvalue weighted by atomic mass is 16.5. The minimum absolute atomic E-state index is 0.118. The van der Waals surface area contributed by atoms with E-state index in [1.807, 2.05) is 0 Å². The van der Waals surface area contributed by atoms with Crippen molar-refractivity contribution in [3.05, 3.63) is 0 Å². The summed E-state index contributed by atoms with van der Waals surface area (Å²) in [4.78, 5) is 2.18. The largest absolute Gasteiger partial charge is 0.381 e. The van der Waals surface area contributed by atoms with Crippen LogP contribution in [0.5, 0.6) is 0 Å². The third kappa shape index (κ3) is 4.47. The Morgan fingerprint density at radius 3 is 2.80 bits per heavy atom. The van der Waals surface area contributed by atoms with Gasteiger partial charge in [0.1, 0.15) is 0 Å². The zero-order valence-corrected chi connectivity index (χ0v) is 10.1. The Labute approximate surface area is 93.1 Å². The number of nitrogens with two attached hydrogens (primary N) is 1. The van der Waals surface area contributed by atoms with Gasteiger partial charge in [-0.2, -0.15) is 0 Å². The van der Waals surface area contributed by atoms with Crippen LogP contribution in [0.2, 0.25) is 0 Å². The van der Waals surface area contributed by atoms with Gasteiger partial charge >= 0.3 is 0 Å². The van der Waals surface area contributed by atoms with Crippen LogP contribution in [-0.2, 0) is 4.74 Å². The maximum absolute atomic E-state index is 5.89. The van der Waals surface area contributed by atoms with Crippen LogP contribution >= 0.6 is 0 Å². The zero-order chi connectivity index (χ0) is 11.1. The van der Waals surface area contributed by atoms with Gasteiger partial charge in [-0.25, -0.2) is 0 Å². The molecule has 0 amide bonds. The van der Waals surface area contributed by atoms with Gasteiger partial charge in [0.2, 0.25) is 0 Å². The molecule has 0 bridgehead atoms. The molecule has 1 rings (SSSR count). The predicted octanol–water partition coefficient (Wildman–Crippen LogP) is 0.0356. The fourth-order valence-electron chi connectivity index (χ4n) is 2.00. The van der Waals surface area contributed by atoms with Crippen LogP contribution in [0.1, 0.15) is 19.3 Å². The minimum Gasteiger partial charge on any atom is -0.381 e. The molecule has 0 aromatic carbocycles. The highest BCUT2D eigenvalue weighted by molar-refractivity contribution is 4.90. The second-order valence-electron chi connectivity index (χ2n) is 4.68. The lowest BCUT2D eigenvalue weighted by atomic mass is 9.90. The average molecular weight is 215 g/mol. The monoisotopic (exact) mass is 215 g/mol. The van der Waals surface area contributed by atoms with E-state index >= 15 is 0 Å². The molecule has 90 valence electrons. The number of hydrogen-bond donors (Lipinski definition) is 2. The van der Waals surface area contributed by atoms with Crippen molar-refractivity contribution >= 4 is 0 Å². The van der Waals surface area contributed by atoms with E-state index in [2.05, 4.69) is 24.3 Å². The Kier molecular flexibility index (Phi) is 5.53. The molecule has 1 atom stereocenters. The fourth-order valence-corrected chi connectivity index (χ4v) is 2.00. The number of ether oxygens (including phenoxy) is 1. The standard InChI is InChI=1S/C11H25N3O/c1-14(2)7-6-13-11(10-12)4-3-8-15-9-5-11/h13H,3-10,12H2,1-2H3. The number of nitrogens with zero attached hydrogens (tertiary/aromatic N) is 1. The first-order valence-corrected chi connectivity index (χ1v) is 5.86. The number of hydrogen-bond acceptors (Lipinski definition) is 4. The van der Waals surface area contributed by atoms with Gasteiger partial charge in [0.05, 0.1) is 0 Å². The molecule has 0 aromatic rings. The third-order valence-electron chi connectivity index (χ3n) is 3.12. The van der Waals surface area contributed by atoms with Gasteiger partial charge in [-0.1, -0.05) is 0 Å². The van der Waals surface area contributed by atoms with Crippen molar-refractivity contribution in [3.8, 4) is 0 Å². The molecular formula is C11H25N3O. The fraction of sp³-hybridized carbons (Fsp3) is 1.00. The van der Waals surface area contributed by atoms with E-state index in [1.54, 1.807) is 0 Å². The van der Waals surface area contributed by atoms with Gasteiger partial charge in [-0.3, -0.25) is 0 Å². The molecule has 0 spiro atoms. The Balaban J connectivity index is 2.36. The van der Waals surface area contributed by atoms with E-state index < -0.39 is 0 Å². The van der Waals surface area contributed by atoms with E-state index in [-0.39, 0.29) is 5.54 Å². The number of rotatable bonds is 5. The normalized spacial score (nSPS) is 28.0. The summed E-state index contributed by atoms with van der Waals surface area (Å²) < 4.78 is 5.47. The summed E-state index contributed by atoms with van der Waals surface area (Å²) in [5.41, 5.74) is 6.01. The predicted molar refractivity (Wildman–Crippen MR) is 63.0 cm³/mol. The van der Waals surface area contributed by atoms with Crippen LogP contribution in [0, 0.1) is 0 Å². The molecule has 0 aromatic heterocycles. The van der Waals surface area contributed by atoms with E-state index in [4.69, 9.17) is 10.5 Å². The maximum Gasteiger partial charge on any atom is 0.0484 e. The Bertz CT molecular complexity index is 165. The summed E-state index contributed by atoms with van der Waals surface area (Å²) in [6.45, 7) is 4.50. The van der Waals surface area contributed by atoms with Crippen molar-refractivity contribution in [1.29, 1.82) is 0 Å². The van der Waals surface area contributed by atoms with E-state index in [9.17, 15) is 0 Å². The third-order valence-corrected chi connectivity index (χ3v) is 3.12. The van der Waals surface area contributed by atoms with Crippen LogP contribution in [0.3, 0.4) is 0 Å². The minimum atomic E-state index is 0.118. The molecule has 3 N–H and O–H groups in total. The van der Waals surface area contributed by atoms with Gasteiger partial charge < -0.3 is 20.7 Å². The lowest BCUT2D eigenvalue weighted by molar-refractivity contribution is 0.136. The number of likely N-dealkylation sites (N-methyl/N-ethyl adjacent to an activating group) is 1. The molecule has 1 aliphatic rings. The second-order valence-corrected chi connectivity index (χ2v) is 4.68. The van der Waals surface area contributed by atoms with Crippen molar-refractivity contribution in [2.45, 2.75) is 24.8 Å². The highest BCUT2D eigenvalue weighted by Gasteiger charge is 2.28. The molecule has 4 heteroatoms. The van der Waals surface area contributed by atoms with Crippen molar-refractivity contribution in [2.75, 3.05) is 46.9 Å². The lowest BCUT2D eigenvalue weighted by Gasteiger charge is -2.32. The van der Waals surface area contributed by atoms with Crippen molar-refractivity contribution in [2.24, 2.45) is 5.73 Å². The molecule has 1 saturated heterocycles. The van der Waals surface area contributed by atoms with Crippen LogP contribution < -0.4 is 11.1 Å². The number of nitrogens with one attached hydrogen (secondary N) is 1. The van der Waals surface area contributed by atoms with Gasteiger partial charge in [-0.05, 0) is 33.4 Å². The van der Waals surface area contributed by atoms with Crippen molar-refractivity contribution in [3.63, 3.8) is 0 Å². The van der Waals surface area contributed by atoms with Crippen LogP contribution in [-0.4, -0.2) is 57.4 Å². The quantitative estimate of drug-likeness (QED) is 0.680. The van der Waals surface area contributed by atoms with E-state index in [1.165, 1.54) is 0 Å². The Morgan fingerprint density at radius 1 is 1.33 bits per heavy atom. The molecule has 1 fully saturated rings. The second kappa shape index (κ2) is 6.43. The summed E-state index contributed by atoms with van der Waals surface area (Å²) in [5, 5.41) is 3.61. The zero-order valence-electron chi connectivity index (χ0n) is 10.1. The van der Waals surface area contributed by atoms with E-state index in [0.29, 0.717) is 6.54 Å². The molecule has 0 aliphatic carbocycles. The van der Waals surface area contributed by atoms with E-state index in [0.717, 1.165) is 45.6 Å². The Morgan fingerprint density at radius 2 is 2.13 bits per heavy atom. The Hall–Kier alpha value is -0.160. The van der Waals surface area contributed by atoms with Crippen molar-refractivity contribution < 1.29 is 4.74 Å². The van der Waals surface area contributed by atoms with Crippen LogP contribution in [0.25, 0.3) is 0 Å². The summed E-state index contributed by atoms with van der Waals surface area (Å²) in [6, 6.07) is 0. The summed E-state index contributed by atoms with van der Waals surface area (Å²) in [5.74, 6) is 0.